The molecule has 2 unspecified atom stereocenters. The number of nitrogens with zero attached hydrogens (tertiary/aromatic N) is 2. The van der Waals surface area contributed by atoms with E-state index in [4.69, 9.17) is 5.73 Å². The molecule has 3 N–H and O–H groups in total. The van der Waals surface area contributed by atoms with Gasteiger partial charge in [-0.3, -0.25) is 14.8 Å². The first-order chi connectivity index (χ1) is 13.6. The van der Waals surface area contributed by atoms with Crippen molar-refractivity contribution in [3.8, 4) is 0 Å². The molecule has 1 amide bonds. The average molecular weight is 374 g/mol. The van der Waals surface area contributed by atoms with Crippen molar-refractivity contribution >= 4 is 17.3 Å². The van der Waals surface area contributed by atoms with Crippen molar-refractivity contribution in [3.05, 3.63) is 95.1 Å². The Hall–Kier alpha value is -3.38. The number of carbonyl (C=O) groups is 1. The van der Waals surface area contributed by atoms with Crippen molar-refractivity contribution in [1.29, 1.82) is 0 Å². The zero-order valence-corrected chi connectivity index (χ0v) is 15.3. The highest BCUT2D eigenvalue weighted by molar-refractivity contribution is 6.20. The van der Waals surface area contributed by atoms with Gasteiger partial charge in [0, 0.05) is 28.9 Å². The Morgan fingerprint density at radius 2 is 1.79 bits per heavy atom. The number of para-hydroxylation sites is 1. The summed E-state index contributed by atoms with van der Waals surface area (Å²) in [5.74, 6) is -0.946. The van der Waals surface area contributed by atoms with Crippen LogP contribution in [-0.2, 0) is 4.79 Å². The summed E-state index contributed by atoms with van der Waals surface area (Å²) in [5.41, 5.74) is 9.54. The van der Waals surface area contributed by atoms with Crippen LogP contribution < -0.4 is 11.1 Å². The molecule has 0 radical (unpaired) electrons. The molecule has 5 nitrogen and oxygen atoms in total. The van der Waals surface area contributed by atoms with Gasteiger partial charge in [0.15, 0.2) is 6.17 Å². The summed E-state index contributed by atoms with van der Waals surface area (Å²) in [5, 5.41) is 2.88. The summed E-state index contributed by atoms with van der Waals surface area (Å²) < 4.78 is 14.5. The van der Waals surface area contributed by atoms with Gasteiger partial charge < -0.3 is 11.1 Å². The maximum atomic E-state index is 14.5. The fraction of sp³-hybridized carbons (Fsp3) is 0.136. The first kappa shape index (κ1) is 18.0. The van der Waals surface area contributed by atoms with Gasteiger partial charge in [0.1, 0.15) is 5.82 Å². The van der Waals surface area contributed by atoms with Crippen molar-refractivity contribution in [1.82, 2.24) is 4.98 Å². The number of pyridine rings is 1. The second-order valence-corrected chi connectivity index (χ2v) is 6.64. The van der Waals surface area contributed by atoms with E-state index in [1.54, 1.807) is 24.4 Å². The van der Waals surface area contributed by atoms with Crippen LogP contribution >= 0.6 is 0 Å². The van der Waals surface area contributed by atoms with Gasteiger partial charge in [-0.15, -0.1) is 0 Å². The van der Waals surface area contributed by atoms with E-state index in [0.717, 1.165) is 11.3 Å². The number of hydrogen-bond acceptors (Lipinski definition) is 4. The van der Waals surface area contributed by atoms with Gasteiger partial charge in [0.05, 0.1) is 11.4 Å². The lowest BCUT2D eigenvalue weighted by atomic mass is 9.90. The lowest BCUT2D eigenvalue weighted by Gasteiger charge is -2.19. The highest BCUT2D eigenvalue weighted by Crippen LogP contribution is 2.34. The third-order valence-electron chi connectivity index (χ3n) is 4.86. The zero-order valence-electron chi connectivity index (χ0n) is 15.3. The topological polar surface area (TPSA) is 80.4 Å². The molecule has 140 valence electrons. The molecular weight excluding hydrogens is 355 g/mol. The third-order valence-corrected chi connectivity index (χ3v) is 4.86. The number of aromatic nitrogens is 1. The van der Waals surface area contributed by atoms with Crippen LogP contribution in [0.2, 0.25) is 0 Å². The third kappa shape index (κ3) is 3.18. The summed E-state index contributed by atoms with van der Waals surface area (Å²) in [6.07, 6.45) is 0.605. The molecule has 4 rings (SSSR count). The summed E-state index contributed by atoms with van der Waals surface area (Å²) in [6, 6.07) is 17.6. The molecule has 2 heterocycles. The lowest BCUT2D eigenvalue weighted by molar-refractivity contribution is -0.117. The van der Waals surface area contributed by atoms with Gasteiger partial charge in [-0.25, -0.2) is 4.39 Å². The molecule has 2 aromatic carbocycles. The number of carbonyl (C=O) groups excluding carboxylic acids is 1. The monoisotopic (exact) mass is 374 g/mol. The molecule has 1 aliphatic heterocycles. The van der Waals surface area contributed by atoms with Crippen molar-refractivity contribution in [2.24, 2.45) is 10.7 Å². The normalized spacial score (nSPS) is 17.2. The molecule has 2 atom stereocenters. The van der Waals surface area contributed by atoms with E-state index in [1.165, 1.54) is 6.07 Å². The quantitative estimate of drug-likeness (QED) is 0.737. The molecule has 0 fully saturated rings. The number of amides is 1. The second kappa shape index (κ2) is 7.32. The van der Waals surface area contributed by atoms with Gasteiger partial charge >= 0.3 is 0 Å². The minimum Gasteiger partial charge on any atom is -0.322 e. The Labute approximate surface area is 162 Å². The molecule has 0 bridgehead atoms. The predicted octanol–water partition coefficient (Wildman–Crippen LogP) is 3.45. The van der Waals surface area contributed by atoms with Crippen molar-refractivity contribution < 1.29 is 9.18 Å². The molecule has 0 aliphatic carbocycles. The maximum absolute atomic E-state index is 14.5. The number of hydrogen-bond donors (Lipinski definition) is 2. The highest BCUT2D eigenvalue weighted by atomic mass is 19.1. The Balaban J connectivity index is 1.91. The summed E-state index contributed by atoms with van der Waals surface area (Å²) >= 11 is 0. The van der Waals surface area contributed by atoms with Crippen LogP contribution in [0.4, 0.5) is 10.1 Å². The van der Waals surface area contributed by atoms with Crippen LogP contribution in [0.3, 0.4) is 0 Å². The number of nitrogens with two attached hydrogens (primary N) is 1. The van der Waals surface area contributed by atoms with Gasteiger partial charge in [0.25, 0.3) is 5.91 Å². The van der Waals surface area contributed by atoms with Gasteiger partial charge in [-0.2, -0.15) is 0 Å². The molecule has 0 saturated heterocycles. The summed E-state index contributed by atoms with van der Waals surface area (Å²) in [7, 11) is 0. The minimum atomic E-state index is -1.12. The molecule has 0 spiro atoms. The van der Waals surface area contributed by atoms with Crippen LogP contribution in [-0.4, -0.2) is 22.8 Å². The number of aliphatic imine (C=N–C) groups is 1. The van der Waals surface area contributed by atoms with E-state index < -0.39 is 17.9 Å². The average Bonchev–Trinajstić information content (AvgIpc) is 2.85. The largest absolute Gasteiger partial charge is 0.322 e. The molecular formula is C22H19FN4O. The Kier molecular flexibility index (Phi) is 4.71. The maximum Gasteiger partial charge on any atom is 0.263 e. The van der Waals surface area contributed by atoms with Crippen molar-refractivity contribution in [2.75, 3.05) is 5.32 Å². The van der Waals surface area contributed by atoms with E-state index >= 15 is 0 Å². The van der Waals surface area contributed by atoms with Crippen LogP contribution in [0, 0.1) is 5.82 Å². The van der Waals surface area contributed by atoms with Crippen LogP contribution in [0.15, 0.2) is 71.9 Å². The fourth-order valence-corrected chi connectivity index (χ4v) is 3.39. The van der Waals surface area contributed by atoms with Crippen molar-refractivity contribution in [2.45, 2.75) is 19.0 Å². The van der Waals surface area contributed by atoms with Crippen LogP contribution in [0.5, 0.6) is 0 Å². The van der Waals surface area contributed by atoms with Crippen molar-refractivity contribution in [3.63, 3.8) is 0 Å². The van der Waals surface area contributed by atoms with Gasteiger partial charge in [-0.1, -0.05) is 43.3 Å². The number of fused-ring (bicyclic) bond motifs is 1. The number of anilines is 1. The predicted molar refractivity (Wildman–Crippen MR) is 107 cm³/mol. The molecule has 0 saturated carbocycles. The molecule has 28 heavy (non-hydrogen) atoms. The first-order valence-corrected chi connectivity index (χ1v) is 8.99. The fourth-order valence-electron chi connectivity index (χ4n) is 3.39. The van der Waals surface area contributed by atoms with Crippen LogP contribution in [0.25, 0.3) is 0 Å². The second-order valence-electron chi connectivity index (χ2n) is 6.64. The molecule has 6 heteroatoms. The van der Waals surface area contributed by atoms with Gasteiger partial charge in [-0.05, 0) is 29.8 Å². The zero-order chi connectivity index (χ0) is 19.7. The van der Waals surface area contributed by atoms with E-state index in [1.807, 2.05) is 43.3 Å². The van der Waals surface area contributed by atoms with E-state index in [9.17, 15) is 9.18 Å². The molecule has 1 aromatic heterocycles. The smallest absolute Gasteiger partial charge is 0.263 e. The summed E-state index contributed by atoms with van der Waals surface area (Å²) in [6.45, 7) is 2.01. The number of benzodiazepines with no additional fused rings is 1. The number of halogens is 1. The van der Waals surface area contributed by atoms with E-state index in [2.05, 4.69) is 15.3 Å². The Morgan fingerprint density at radius 1 is 1.04 bits per heavy atom. The van der Waals surface area contributed by atoms with Crippen LogP contribution in [0.1, 0.15) is 35.2 Å². The van der Waals surface area contributed by atoms with Gasteiger partial charge in [0.2, 0.25) is 0 Å². The number of nitrogens with one attached hydrogen (secondary N) is 1. The minimum absolute atomic E-state index is 0.0901. The lowest BCUT2D eigenvalue weighted by Crippen LogP contribution is -2.33. The summed E-state index contributed by atoms with van der Waals surface area (Å²) in [4.78, 5) is 21.3. The molecule has 3 aromatic rings. The van der Waals surface area contributed by atoms with E-state index in [0.29, 0.717) is 22.5 Å². The first-order valence-electron chi connectivity index (χ1n) is 8.99. The highest BCUT2D eigenvalue weighted by Gasteiger charge is 2.27. The Bertz CT molecular complexity index is 1070. The number of benzene rings is 2. The van der Waals surface area contributed by atoms with E-state index in [-0.39, 0.29) is 5.92 Å². The SMILES string of the molecule is CC(c1ccccn1)c1cccc2c1NC(=O)C(N)N=C2c1ccccc1F. The molecule has 1 aliphatic rings. The number of rotatable bonds is 3. The standard InChI is InChI=1S/C22H19FN4O/c1-13(18-11-4-5-12-25-18)14-8-6-9-16-19(14)27-22(28)21(24)26-20(16)15-7-2-3-10-17(15)23/h2-13,21H,24H2,1H3,(H,27,28). The Morgan fingerprint density at radius 3 is 2.54 bits per heavy atom.